The van der Waals surface area contributed by atoms with Crippen molar-refractivity contribution in [1.82, 2.24) is 0 Å². The van der Waals surface area contributed by atoms with Crippen LogP contribution >= 0.6 is 23.5 Å². The number of nitrogens with two attached hydrogens (primary N) is 2. The Labute approximate surface area is 110 Å². The molecule has 0 radical (unpaired) electrons. The van der Waals surface area contributed by atoms with Crippen molar-refractivity contribution < 1.29 is 14.3 Å². The van der Waals surface area contributed by atoms with Gasteiger partial charge in [-0.05, 0) is 36.9 Å². The number of thioether (sulfide) groups is 2. The summed E-state index contributed by atoms with van der Waals surface area (Å²) in [5.74, 6) is 0.124. The van der Waals surface area contributed by atoms with Crippen molar-refractivity contribution in [3.63, 3.8) is 0 Å². The van der Waals surface area contributed by atoms with E-state index in [0.29, 0.717) is 12.8 Å². The fourth-order valence-corrected chi connectivity index (χ4v) is 1.96. The number of hydrogen-bond donors (Lipinski definition) is 2. The monoisotopic (exact) mass is 280 g/mol. The number of carbonyl (C=O) groups excluding carboxylic acids is 2. The highest BCUT2D eigenvalue weighted by atomic mass is 32.2. The molecular formula is C10H20N2O3S2. The molecular weight excluding hydrogens is 260 g/mol. The Morgan fingerprint density at radius 1 is 1.00 bits per heavy atom. The van der Waals surface area contributed by atoms with Gasteiger partial charge in [-0.25, -0.2) is 9.59 Å². The molecule has 0 spiro atoms. The third kappa shape index (κ3) is 7.64. The van der Waals surface area contributed by atoms with E-state index >= 15 is 0 Å². The first-order valence-electron chi connectivity index (χ1n) is 5.27. The van der Waals surface area contributed by atoms with Crippen molar-refractivity contribution in [3.8, 4) is 0 Å². The maximum absolute atomic E-state index is 11.4. The fourth-order valence-electron chi connectivity index (χ4n) is 0.976. The largest absolute Gasteiger partial charge is 0.391 e. The summed E-state index contributed by atoms with van der Waals surface area (Å²) in [4.78, 5) is 22.8. The van der Waals surface area contributed by atoms with E-state index in [1.807, 2.05) is 12.5 Å². The highest BCUT2D eigenvalue weighted by molar-refractivity contribution is 7.98. The van der Waals surface area contributed by atoms with Crippen LogP contribution in [-0.4, -0.2) is 48.0 Å². The van der Waals surface area contributed by atoms with Gasteiger partial charge in [0.2, 0.25) is 0 Å². The molecule has 2 atom stereocenters. The van der Waals surface area contributed by atoms with Gasteiger partial charge in [-0.15, -0.1) is 0 Å². The number of esters is 2. The summed E-state index contributed by atoms with van der Waals surface area (Å²) in [5.41, 5.74) is 11.1. The first kappa shape index (κ1) is 16.8. The lowest BCUT2D eigenvalue weighted by Crippen LogP contribution is -2.40. The summed E-state index contributed by atoms with van der Waals surface area (Å²) >= 11 is 3.17. The van der Waals surface area contributed by atoms with Gasteiger partial charge in [-0.1, -0.05) is 0 Å². The first-order valence-corrected chi connectivity index (χ1v) is 8.06. The Kier molecular flexibility index (Phi) is 9.62. The summed E-state index contributed by atoms with van der Waals surface area (Å²) < 4.78 is 4.62. The van der Waals surface area contributed by atoms with Gasteiger partial charge in [0, 0.05) is 0 Å². The third-order valence-corrected chi connectivity index (χ3v) is 3.36. The van der Waals surface area contributed by atoms with Crippen LogP contribution in [0, 0.1) is 0 Å². The molecule has 5 nitrogen and oxygen atoms in total. The van der Waals surface area contributed by atoms with Gasteiger partial charge in [0.25, 0.3) is 0 Å². The highest BCUT2D eigenvalue weighted by Crippen LogP contribution is 2.03. The van der Waals surface area contributed by atoms with Crippen molar-refractivity contribution in [2.75, 3.05) is 24.0 Å². The molecule has 0 saturated carbocycles. The molecule has 0 aliphatic carbocycles. The van der Waals surface area contributed by atoms with Crippen molar-refractivity contribution in [2.45, 2.75) is 24.9 Å². The van der Waals surface area contributed by atoms with Gasteiger partial charge in [0.05, 0.1) is 0 Å². The van der Waals surface area contributed by atoms with Crippen molar-refractivity contribution >= 4 is 35.5 Å². The number of rotatable bonds is 8. The highest BCUT2D eigenvalue weighted by Gasteiger charge is 2.22. The fraction of sp³-hybridized carbons (Fsp3) is 0.800. The van der Waals surface area contributed by atoms with E-state index in [-0.39, 0.29) is 0 Å². The zero-order chi connectivity index (χ0) is 13.3. The van der Waals surface area contributed by atoms with Gasteiger partial charge in [0.15, 0.2) is 0 Å². The normalized spacial score (nSPS) is 14.1. The number of hydrogen-bond acceptors (Lipinski definition) is 7. The zero-order valence-electron chi connectivity index (χ0n) is 10.2. The van der Waals surface area contributed by atoms with Crippen LogP contribution in [0.3, 0.4) is 0 Å². The minimum absolute atomic E-state index is 0.493. The minimum Gasteiger partial charge on any atom is -0.391 e. The lowest BCUT2D eigenvalue weighted by molar-refractivity contribution is -0.161. The third-order valence-electron chi connectivity index (χ3n) is 2.07. The van der Waals surface area contributed by atoms with Crippen molar-refractivity contribution in [1.29, 1.82) is 0 Å². The van der Waals surface area contributed by atoms with Crippen LogP contribution in [0.15, 0.2) is 0 Å². The Morgan fingerprint density at radius 3 is 1.65 bits per heavy atom. The van der Waals surface area contributed by atoms with Gasteiger partial charge >= 0.3 is 11.9 Å². The molecule has 2 unspecified atom stereocenters. The predicted molar refractivity (Wildman–Crippen MR) is 73.0 cm³/mol. The molecule has 0 amide bonds. The molecule has 0 saturated heterocycles. The van der Waals surface area contributed by atoms with Gasteiger partial charge in [-0.2, -0.15) is 23.5 Å². The van der Waals surface area contributed by atoms with Gasteiger partial charge in [-0.3, -0.25) is 0 Å². The maximum Gasteiger partial charge on any atom is 0.330 e. The molecule has 0 bridgehead atoms. The second kappa shape index (κ2) is 9.76. The SMILES string of the molecule is CSCCC(N)C(=O)OC(=O)C(N)CCSC. The molecule has 0 aromatic carbocycles. The first-order chi connectivity index (χ1) is 8.02. The molecule has 17 heavy (non-hydrogen) atoms. The van der Waals surface area contributed by atoms with Gasteiger partial charge < -0.3 is 16.2 Å². The molecule has 100 valence electrons. The number of ether oxygens (including phenoxy) is 1. The number of carbonyl (C=O) groups is 2. The topological polar surface area (TPSA) is 95.4 Å². The smallest absolute Gasteiger partial charge is 0.330 e. The molecule has 0 aliphatic rings. The average Bonchev–Trinajstić information content (AvgIpc) is 2.32. The molecule has 0 rings (SSSR count). The predicted octanol–water partition coefficient (Wildman–Crippen LogP) is 0.217. The second-order valence-corrected chi connectivity index (χ2v) is 5.49. The Bertz CT molecular complexity index is 228. The summed E-state index contributed by atoms with van der Waals surface area (Å²) in [6, 6.07) is -1.50. The Hall–Kier alpha value is -0.240. The summed E-state index contributed by atoms with van der Waals surface area (Å²) in [7, 11) is 0. The van der Waals surface area contributed by atoms with Crippen LogP contribution in [-0.2, 0) is 14.3 Å². The van der Waals surface area contributed by atoms with E-state index < -0.39 is 24.0 Å². The van der Waals surface area contributed by atoms with Crippen LogP contribution in [0.4, 0.5) is 0 Å². The molecule has 0 aromatic rings. The minimum atomic E-state index is -0.751. The molecule has 0 aliphatic heterocycles. The summed E-state index contributed by atoms with van der Waals surface area (Å²) in [6.07, 6.45) is 4.82. The van der Waals surface area contributed by atoms with E-state index in [1.165, 1.54) is 0 Å². The molecule has 4 N–H and O–H groups in total. The van der Waals surface area contributed by atoms with Crippen LogP contribution in [0.2, 0.25) is 0 Å². The van der Waals surface area contributed by atoms with E-state index in [1.54, 1.807) is 23.5 Å². The van der Waals surface area contributed by atoms with Crippen LogP contribution in [0.1, 0.15) is 12.8 Å². The van der Waals surface area contributed by atoms with E-state index in [0.717, 1.165) is 11.5 Å². The Balaban J connectivity index is 3.97. The van der Waals surface area contributed by atoms with Crippen LogP contribution < -0.4 is 11.5 Å². The van der Waals surface area contributed by atoms with Crippen molar-refractivity contribution in [2.24, 2.45) is 11.5 Å². The Morgan fingerprint density at radius 2 is 1.35 bits per heavy atom. The second-order valence-electron chi connectivity index (χ2n) is 3.52. The molecule has 0 fully saturated rings. The average molecular weight is 280 g/mol. The quantitative estimate of drug-likeness (QED) is 0.485. The van der Waals surface area contributed by atoms with E-state index in [2.05, 4.69) is 4.74 Å². The molecule has 0 aromatic heterocycles. The lowest BCUT2D eigenvalue weighted by Gasteiger charge is -2.12. The van der Waals surface area contributed by atoms with Crippen molar-refractivity contribution in [3.05, 3.63) is 0 Å². The standard InChI is InChI=1S/C10H20N2O3S2/c1-16-5-3-7(11)9(13)15-10(14)8(12)4-6-17-2/h7-8H,3-6,11-12H2,1-2H3. The lowest BCUT2D eigenvalue weighted by atomic mass is 10.2. The van der Waals surface area contributed by atoms with E-state index in [9.17, 15) is 9.59 Å². The molecule has 7 heteroatoms. The maximum atomic E-state index is 11.4. The van der Waals surface area contributed by atoms with Crippen LogP contribution in [0.5, 0.6) is 0 Å². The van der Waals surface area contributed by atoms with E-state index in [4.69, 9.17) is 11.5 Å². The van der Waals surface area contributed by atoms with Gasteiger partial charge in [0.1, 0.15) is 12.1 Å². The molecule has 0 heterocycles. The summed E-state index contributed by atoms with van der Waals surface area (Å²) in [6.45, 7) is 0. The van der Waals surface area contributed by atoms with Crippen LogP contribution in [0.25, 0.3) is 0 Å². The summed E-state index contributed by atoms with van der Waals surface area (Å²) in [5, 5.41) is 0. The zero-order valence-corrected chi connectivity index (χ0v) is 11.8.